The molecule has 0 saturated heterocycles. The predicted molar refractivity (Wildman–Crippen MR) is 86.3 cm³/mol. The maximum atomic E-state index is 3.70. The van der Waals surface area contributed by atoms with E-state index in [0.29, 0.717) is 5.92 Å². The van der Waals surface area contributed by atoms with E-state index in [9.17, 15) is 0 Å². The molecule has 0 spiro atoms. The molecule has 0 aromatic carbocycles. The molecule has 0 N–H and O–H groups in total. The zero-order chi connectivity index (χ0) is 13.6. The van der Waals surface area contributed by atoms with Gasteiger partial charge in [0.15, 0.2) is 0 Å². The number of hydrogen-bond acceptors (Lipinski definition) is 0. The molecule has 0 heterocycles. The van der Waals surface area contributed by atoms with Gasteiger partial charge < -0.3 is 0 Å². The van der Waals surface area contributed by atoms with Crippen molar-refractivity contribution in [3.8, 4) is 0 Å². The van der Waals surface area contributed by atoms with Crippen LogP contribution >= 0.6 is 0 Å². The molecule has 0 heteroatoms. The van der Waals surface area contributed by atoms with Crippen LogP contribution < -0.4 is 0 Å². The van der Waals surface area contributed by atoms with Gasteiger partial charge in [0.25, 0.3) is 0 Å². The van der Waals surface area contributed by atoms with Crippen LogP contribution in [0.2, 0.25) is 0 Å². The van der Waals surface area contributed by atoms with Gasteiger partial charge in [-0.15, -0.1) is 0 Å². The summed E-state index contributed by atoms with van der Waals surface area (Å²) >= 11 is 0. The quantitative estimate of drug-likeness (QED) is 0.544. The Bertz CT molecular complexity index is 425. The van der Waals surface area contributed by atoms with Gasteiger partial charge in [0, 0.05) is 5.92 Å². The standard InChI is InChI=1S/C20H27/c1-2-5-11-17(12-6-3-1)19-15-9-10-16-20(19)18-13-7-4-8-14-18/h4,7,9,13,15,17,19H,1-3,5-6,8,10-12,14H2. The Morgan fingerprint density at radius 3 is 2.50 bits per heavy atom. The fraction of sp³-hybridized carbons (Fsp3) is 0.600. The van der Waals surface area contributed by atoms with Crippen molar-refractivity contribution >= 4 is 0 Å². The molecular weight excluding hydrogens is 240 g/mol. The fourth-order valence-corrected chi connectivity index (χ4v) is 3.99. The molecule has 1 fully saturated rings. The Kier molecular flexibility index (Phi) is 4.95. The van der Waals surface area contributed by atoms with Crippen LogP contribution in [-0.4, -0.2) is 0 Å². The van der Waals surface area contributed by atoms with Crippen molar-refractivity contribution in [1.82, 2.24) is 0 Å². The summed E-state index contributed by atoms with van der Waals surface area (Å²) in [5.41, 5.74) is 3.10. The van der Waals surface area contributed by atoms with Crippen LogP contribution in [0, 0.1) is 17.9 Å². The van der Waals surface area contributed by atoms with Crippen molar-refractivity contribution in [2.75, 3.05) is 0 Å². The molecule has 1 atom stereocenters. The highest BCUT2D eigenvalue weighted by atomic mass is 14.3. The summed E-state index contributed by atoms with van der Waals surface area (Å²) in [6.45, 7) is 0. The first-order chi connectivity index (χ1) is 9.95. The molecular formula is C20H27. The van der Waals surface area contributed by atoms with E-state index in [1.54, 1.807) is 11.1 Å². The van der Waals surface area contributed by atoms with Gasteiger partial charge in [-0.2, -0.15) is 0 Å². The number of hydrogen-bond donors (Lipinski definition) is 0. The summed E-state index contributed by atoms with van der Waals surface area (Å²) in [6, 6.07) is 0. The van der Waals surface area contributed by atoms with E-state index >= 15 is 0 Å². The van der Waals surface area contributed by atoms with E-state index < -0.39 is 0 Å². The molecule has 20 heavy (non-hydrogen) atoms. The van der Waals surface area contributed by atoms with Crippen LogP contribution in [0.5, 0.6) is 0 Å². The van der Waals surface area contributed by atoms with E-state index in [0.717, 1.165) is 12.3 Å². The topological polar surface area (TPSA) is 0 Å². The molecule has 3 aliphatic carbocycles. The monoisotopic (exact) mass is 267 g/mol. The summed E-state index contributed by atoms with van der Waals surface area (Å²) in [4.78, 5) is 0. The first kappa shape index (κ1) is 13.9. The van der Waals surface area contributed by atoms with Gasteiger partial charge in [0.2, 0.25) is 0 Å². The smallest absolute Gasteiger partial charge is 0.00520 e. The van der Waals surface area contributed by atoms with E-state index in [1.165, 1.54) is 57.8 Å². The second kappa shape index (κ2) is 7.11. The second-order valence-electron chi connectivity index (χ2n) is 6.51. The minimum atomic E-state index is 0.652. The maximum Gasteiger partial charge on any atom is 0.00520 e. The lowest BCUT2D eigenvalue weighted by molar-refractivity contribution is 0.328. The average molecular weight is 267 g/mol. The minimum Gasteiger partial charge on any atom is -0.0842 e. The van der Waals surface area contributed by atoms with Crippen molar-refractivity contribution in [3.05, 3.63) is 47.6 Å². The van der Waals surface area contributed by atoms with E-state index in [2.05, 4.69) is 36.5 Å². The van der Waals surface area contributed by atoms with Gasteiger partial charge in [-0.25, -0.2) is 0 Å². The maximum absolute atomic E-state index is 3.70. The third-order valence-electron chi connectivity index (χ3n) is 5.10. The molecule has 0 bridgehead atoms. The van der Waals surface area contributed by atoms with Crippen LogP contribution in [0.15, 0.2) is 41.5 Å². The lowest BCUT2D eigenvalue weighted by atomic mass is 9.73. The molecule has 107 valence electrons. The van der Waals surface area contributed by atoms with Gasteiger partial charge in [-0.05, 0) is 55.2 Å². The van der Waals surface area contributed by atoms with E-state index in [4.69, 9.17) is 0 Å². The number of allylic oxidation sites excluding steroid dienone is 8. The fourth-order valence-electron chi connectivity index (χ4n) is 3.99. The molecule has 1 radical (unpaired) electrons. The van der Waals surface area contributed by atoms with Crippen molar-refractivity contribution in [3.63, 3.8) is 0 Å². The zero-order valence-corrected chi connectivity index (χ0v) is 12.6. The van der Waals surface area contributed by atoms with Crippen LogP contribution in [0.4, 0.5) is 0 Å². The number of rotatable bonds is 2. The Morgan fingerprint density at radius 1 is 0.950 bits per heavy atom. The Morgan fingerprint density at radius 2 is 1.75 bits per heavy atom. The van der Waals surface area contributed by atoms with E-state index in [-0.39, 0.29) is 0 Å². The van der Waals surface area contributed by atoms with Gasteiger partial charge in [0.1, 0.15) is 0 Å². The van der Waals surface area contributed by atoms with Gasteiger partial charge in [0.05, 0.1) is 0 Å². The van der Waals surface area contributed by atoms with Crippen LogP contribution in [0.1, 0.15) is 64.2 Å². The lowest BCUT2D eigenvalue weighted by Crippen LogP contribution is -2.19. The minimum absolute atomic E-state index is 0.652. The van der Waals surface area contributed by atoms with Gasteiger partial charge in [-0.1, -0.05) is 62.5 Å². The van der Waals surface area contributed by atoms with Crippen molar-refractivity contribution in [1.29, 1.82) is 0 Å². The highest BCUT2D eigenvalue weighted by Crippen LogP contribution is 2.39. The zero-order valence-electron chi connectivity index (χ0n) is 12.6. The Hall–Kier alpha value is -1.04. The van der Waals surface area contributed by atoms with Crippen molar-refractivity contribution in [2.24, 2.45) is 11.8 Å². The van der Waals surface area contributed by atoms with E-state index in [1.807, 2.05) is 0 Å². The third-order valence-corrected chi connectivity index (χ3v) is 5.10. The molecule has 3 aliphatic rings. The van der Waals surface area contributed by atoms with Crippen LogP contribution in [0.3, 0.4) is 0 Å². The molecule has 0 aromatic heterocycles. The molecule has 0 nitrogen and oxygen atoms in total. The molecule has 0 amide bonds. The highest BCUT2D eigenvalue weighted by molar-refractivity contribution is 5.40. The van der Waals surface area contributed by atoms with Crippen molar-refractivity contribution < 1.29 is 0 Å². The summed E-state index contributed by atoms with van der Waals surface area (Å²) in [5, 5.41) is 0. The first-order valence-electron chi connectivity index (χ1n) is 8.58. The SMILES string of the molecule is [C]1=C(C2=CC=CCC2)C(C2CCCCCCC2)C=CC1. The van der Waals surface area contributed by atoms with Gasteiger partial charge in [-0.3, -0.25) is 0 Å². The summed E-state index contributed by atoms with van der Waals surface area (Å²) in [5.74, 6) is 1.51. The predicted octanol–water partition coefficient (Wildman–Crippen LogP) is 5.93. The normalized spacial score (nSPS) is 28.5. The molecule has 0 aliphatic heterocycles. The lowest BCUT2D eigenvalue weighted by Gasteiger charge is -2.31. The Balaban J connectivity index is 1.76. The molecule has 1 saturated carbocycles. The summed E-state index contributed by atoms with van der Waals surface area (Å²) in [6.07, 6.45) is 28.9. The first-order valence-corrected chi connectivity index (χ1v) is 8.58. The average Bonchev–Trinajstić information content (AvgIpc) is 2.48. The third kappa shape index (κ3) is 3.34. The largest absolute Gasteiger partial charge is 0.0842 e. The van der Waals surface area contributed by atoms with Crippen molar-refractivity contribution in [2.45, 2.75) is 64.2 Å². The molecule has 0 aromatic rings. The van der Waals surface area contributed by atoms with Crippen LogP contribution in [-0.2, 0) is 0 Å². The molecule has 3 rings (SSSR count). The van der Waals surface area contributed by atoms with Gasteiger partial charge >= 0.3 is 0 Å². The molecule has 1 unspecified atom stereocenters. The second-order valence-corrected chi connectivity index (χ2v) is 6.51. The highest BCUT2D eigenvalue weighted by Gasteiger charge is 2.26. The Labute approximate surface area is 124 Å². The van der Waals surface area contributed by atoms with Crippen LogP contribution in [0.25, 0.3) is 0 Å². The summed E-state index contributed by atoms with van der Waals surface area (Å²) in [7, 11) is 0. The summed E-state index contributed by atoms with van der Waals surface area (Å²) < 4.78 is 0.